The molecule has 0 aliphatic rings. The Kier molecular flexibility index (Phi) is 3.65. The van der Waals surface area contributed by atoms with Crippen molar-refractivity contribution < 1.29 is 9.90 Å². The second-order valence-corrected chi connectivity index (χ2v) is 3.55. The summed E-state index contributed by atoms with van der Waals surface area (Å²) in [6.07, 6.45) is 0.483. The maximum absolute atomic E-state index is 10.5. The largest absolute Gasteiger partial charge is 0.481 e. The summed E-state index contributed by atoms with van der Waals surface area (Å²) >= 11 is 0. The Morgan fingerprint density at radius 2 is 2.20 bits per heavy atom. The van der Waals surface area contributed by atoms with Crippen molar-refractivity contribution in [1.29, 1.82) is 0 Å². The molecule has 6 heteroatoms. The summed E-state index contributed by atoms with van der Waals surface area (Å²) in [5.41, 5.74) is 0. The first-order valence-corrected chi connectivity index (χ1v) is 4.89. The summed E-state index contributed by atoms with van der Waals surface area (Å²) < 4.78 is 1.91. The minimum absolute atomic E-state index is 0.0779. The van der Waals surface area contributed by atoms with Crippen LogP contribution in [-0.2, 0) is 11.2 Å². The van der Waals surface area contributed by atoms with Crippen molar-refractivity contribution in [2.24, 2.45) is 0 Å². The monoisotopic (exact) mass is 212 g/mol. The van der Waals surface area contributed by atoms with Crippen LogP contribution in [0.15, 0.2) is 0 Å². The van der Waals surface area contributed by atoms with Gasteiger partial charge in [0.1, 0.15) is 5.82 Å². The van der Waals surface area contributed by atoms with Crippen molar-refractivity contribution in [3.63, 3.8) is 0 Å². The van der Waals surface area contributed by atoms with Crippen LogP contribution in [0.2, 0.25) is 0 Å². The molecule has 0 fully saturated rings. The minimum atomic E-state index is -0.820. The Hall–Kier alpha value is -1.59. The smallest absolute Gasteiger partial charge is 0.303 e. The Morgan fingerprint density at radius 1 is 1.53 bits per heavy atom. The van der Waals surface area contributed by atoms with Crippen LogP contribution in [0.4, 0.5) is 5.95 Å². The molecule has 1 rings (SSSR count). The van der Waals surface area contributed by atoms with Crippen molar-refractivity contribution in [2.45, 2.75) is 32.7 Å². The van der Waals surface area contributed by atoms with Crippen LogP contribution < -0.4 is 5.32 Å². The highest BCUT2D eigenvalue weighted by molar-refractivity contribution is 5.66. The molecule has 1 aromatic heterocycles. The molecule has 0 saturated heterocycles. The van der Waals surface area contributed by atoms with Crippen LogP contribution in [-0.4, -0.2) is 32.9 Å². The van der Waals surface area contributed by atoms with Gasteiger partial charge in [-0.1, -0.05) is 0 Å². The maximum atomic E-state index is 10.5. The van der Waals surface area contributed by atoms with Crippen molar-refractivity contribution >= 4 is 11.9 Å². The lowest BCUT2D eigenvalue weighted by atomic mass is 10.3. The maximum Gasteiger partial charge on any atom is 0.303 e. The number of carbonyl (C=O) groups is 1. The molecule has 0 amide bonds. The number of nitrogens with zero attached hydrogens (tertiary/aromatic N) is 3. The zero-order valence-corrected chi connectivity index (χ0v) is 9.19. The summed E-state index contributed by atoms with van der Waals surface area (Å²) in [5.74, 6) is 0.557. The Morgan fingerprint density at radius 3 is 2.67 bits per heavy atom. The van der Waals surface area contributed by atoms with Crippen LogP contribution in [0.5, 0.6) is 0 Å². The first-order chi connectivity index (χ1) is 7.06. The van der Waals surface area contributed by atoms with Crippen LogP contribution in [0.25, 0.3) is 0 Å². The molecular weight excluding hydrogens is 196 g/mol. The number of aromatic nitrogens is 3. The van der Waals surface area contributed by atoms with Crippen molar-refractivity contribution in [1.82, 2.24) is 14.8 Å². The molecule has 1 aromatic rings. The zero-order valence-electron chi connectivity index (χ0n) is 9.19. The third-order valence-electron chi connectivity index (χ3n) is 2.07. The van der Waals surface area contributed by atoms with E-state index in [-0.39, 0.29) is 12.5 Å². The number of hydrogen-bond acceptors (Lipinski definition) is 4. The van der Waals surface area contributed by atoms with E-state index in [9.17, 15) is 4.79 Å². The topological polar surface area (TPSA) is 80.0 Å². The zero-order chi connectivity index (χ0) is 11.4. The third kappa shape index (κ3) is 2.68. The number of nitrogens with one attached hydrogen (secondary N) is 1. The molecular formula is C9H16N4O2. The molecule has 0 aromatic carbocycles. The number of aryl methyl sites for hydroxylation is 1. The lowest BCUT2D eigenvalue weighted by Crippen LogP contribution is -2.11. The summed E-state index contributed by atoms with van der Waals surface area (Å²) in [7, 11) is 1.77. The van der Waals surface area contributed by atoms with Crippen LogP contribution >= 0.6 is 0 Å². The molecule has 0 atom stereocenters. The summed E-state index contributed by atoms with van der Waals surface area (Å²) in [6.45, 7) is 4.02. The van der Waals surface area contributed by atoms with Crippen LogP contribution in [0, 0.1) is 0 Å². The van der Waals surface area contributed by atoms with E-state index in [0.29, 0.717) is 18.2 Å². The fourth-order valence-electron chi connectivity index (χ4n) is 1.43. The molecule has 1 heterocycles. The van der Waals surface area contributed by atoms with Crippen LogP contribution in [0.3, 0.4) is 0 Å². The van der Waals surface area contributed by atoms with Gasteiger partial charge in [0.15, 0.2) is 0 Å². The van der Waals surface area contributed by atoms with E-state index in [4.69, 9.17) is 5.11 Å². The Labute approximate surface area is 88.3 Å². The molecule has 6 nitrogen and oxygen atoms in total. The van der Waals surface area contributed by atoms with E-state index in [1.54, 1.807) is 7.05 Å². The van der Waals surface area contributed by atoms with E-state index in [1.807, 2.05) is 18.4 Å². The Bertz CT molecular complexity index is 346. The predicted molar refractivity (Wildman–Crippen MR) is 55.9 cm³/mol. The average molecular weight is 212 g/mol. The van der Waals surface area contributed by atoms with Gasteiger partial charge in [0.25, 0.3) is 0 Å². The van der Waals surface area contributed by atoms with Gasteiger partial charge < -0.3 is 10.4 Å². The van der Waals surface area contributed by atoms with E-state index in [1.165, 1.54) is 0 Å². The quantitative estimate of drug-likeness (QED) is 0.758. The van der Waals surface area contributed by atoms with Gasteiger partial charge in [-0.3, -0.25) is 9.36 Å². The SMILES string of the molecule is CNc1nnc(CCC(=O)O)n1C(C)C. The van der Waals surface area contributed by atoms with E-state index < -0.39 is 5.97 Å². The number of anilines is 1. The van der Waals surface area contributed by atoms with Gasteiger partial charge in [0, 0.05) is 19.5 Å². The summed E-state index contributed by atoms with van der Waals surface area (Å²) in [5, 5.41) is 19.4. The second-order valence-electron chi connectivity index (χ2n) is 3.55. The highest BCUT2D eigenvalue weighted by Gasteiger charge is 2.14. The molecule has 0 radical (unpaired) electrons. The standard InChI is InChI=1S/C9H16N4O2/c1-6(2)13-7(4-5-8(14)15)11-12-9(13)10-3/h6H,4-5H2,1-3H3,(H,10,12)(H,14,15). The number of carboxylic acids is 1. The molecule has 0 saturated carbocycles. The highest BCUT2D eigenvalue weighted by atomic mass is 16.4. The second kappa shape index (κ2) is 4.77. The van der Waals surface area contributed by atoms with Gasteiger partial charge in [0.05, 0.1) is 6.42 Å². The van der Waals surface area contributed by atoms with Gasteiger partial charge in [-0.2, -0.15) is 0 Å². The minimum Gasteiger partial charge on any atom is -0.481 e. The molecule has 0 aliphatic heterocycles. The first kappa shape index (κ1) is 11.5. The average Bonchev–Trinajstić information content (AvgIpc) is 2.57. The number of hydrogen-bond donors (Lipinski definition) is 2. The normalized spacial score (nSPS) is 10.7. The fraction of sp³-hybridized carbons (Fsp3) is 0.667. The molecule has 15 heavy (non-hydrogen) atoms. The molecule has 2 N–H and O–H groups in total. The van der Waals surface area contributed by atoms with Gasteiger partial charge >= 0.3 is 5.97 Å². The molecule has 0 spiro atoms. The molecule has 0 unspecified atom stereocenters. The van der Waals surface area contributed by atoms with Crippen molar-refractivity contribution in [3.8, 4) is 0 Å². The lowest BCUT2D eigenvalue weighted by Gasteiger charge is -2.12. The predicted octanol–water partition coefficient (Wildman–Crippen LogP) is 0.918. The van der Waals surface area contributed by atoms with E-state index in [0.717, 1.165) is 0 Å². The van der Waals surface area contributed by atoms with Gasteiger partial charge in [-0.25, -0.2) is 0 Å². The lowest BCUT2D eigenvalue weighted by molar-refractivity contribution is -0.137. The highest BCUT2D eigenvalue weighted by Crippen LogP contribution is 2.16. The van der Waals surface area contributed by atoms with Gasteiger partial charge in [0.2, 0.25) is 5.95 Å². The first-order valence-electron chi connectivity index (χ1n) is 4.89. The number of rotatable bonds is 5. The number of aliphatic carboxylic acids is 1. The molecule has 0 aliphatic carbocycles. The molecule has 0 bridgehead atoms. The third-order valence-corrected chi connectivity index (χ3v) is 2.07. The van der Waals surface area contributed by atoms with E-state index in [2.05, 4.69) is 15.5 Å². The summed E-state index contributed by atoms with van der Waals surface area (Å²) in [4.78, 5) is 10.5. The van der Waals surface area contributed by atoms with Crippen molar-refractivity contribution in [3.05, 3.63) is 5.82 Å². The fourth-order valence-corrected chi connectivity index (χ4v) is 1.43. The molecule has 84 valence electrons. The van der Waals surface area contributed by atoms with Gasteiger partial charge in [-0.05, 0) is 13.8 Å². The summed E-state index contributed by atoms with van der Waals surface area (Å²) in [6, 6.07) is 0.214. The number of carboxylic acid groups (broad SMARTS) is 1. The van der Waals surface area contributed by atoms with Crippen molar-refractivity contribution in [2.75, 3.05) is 12.4 Å². The van der Waals surface area contributed by atoms with Crippen LogP contribution in [0.1, 0.15) is 32.1 Å². The van der Waals surface area contributed by atoms with Gasteiger partial charge in [-0.15, -0.1) is 10.2 Å². The Balaban J connectivity index is 2.87. The van der Waals surface area contributed by atoms with E-state index >= 15 is 0 Å².